The van der Waals surface area contributed by atoms with Crippen LogP contribution in [-0.2, 0) is 0 Å². The lowest BCUT2D eigenvalue weighted by atomic mass is 10.1. The molecule has 2 heterocycles. The summed E-state index contributed by atoms with van der Waals surface area (Å²) in [6.45, 7) is 3.71. The Balaban J connectivity index is 1.92. The number of rotatable bonds is 5. The van der Waals surface area contributed by atoms with Crippen LogP contribution in [0.4, 0.5) is 8.78 Å². The van der Waals surface area contributed by atoms with E-state index in [1.165, 1.54) is 23.0 Å². The Hall–Kier alpha value is -3.35. The average Bonchev–Trinajstić information content (AvgIpc) is 3.30. The predicted octanol–water partition coefficient (Wildman–Crippen LogP) is 6.26. The largest absolute Gasteiger partial charge is 0.478 e. The van der Waals surface area contributed by atoms with Gasteiger partial charge in [-0.05, 0) is 32.0 Å². The smallest absolute Gasteiger partial charge is 0.338 e. The predicted molar refractivity (Wildman–Crippen MR) is 117 cm³/mol. The number of H-pyrrole nitrogens is 1. The molecule has 2 N–H and O–H groups in total. The first kappa shape index (κ1) is 21.9. The zero-order valence-corrected chi connectivity index (χ0v) is 18.4. The van der Waals surface area contributed by atoms with Crippen LogP contribution in [0.1, 0.15) is 35.9 Å². The van der Waals surface area contributed by atoms with E-state index in [1.54, 1.807) is 12.1 Å². The van der Waals surface area contributed by atoms with Crippen molar-refractivity contribution in [1.29, 1.82) is 5.26 Å². The number of hydrogen-bond acceptors (Lipinski definition) is 4. The number of aromatic amines is 1. The number of carbonyl (C=O) groups is 1. The second kappa shape index (κ2) is 8.30. The van der Waals surface area contributed by atoms with Crippen LogP contribution in [0.5, 0.6) is 0 Å². The first-order valence-corrected chi connectivity index (χ1v) is 10.6. The number of nitriles is 1. The maximum Gasteiger partial charge on any atom is 0.338 e. The average molecular weight is 473 g/mol. The highest BCUT2D eigenvalue weighted by atomic mass is 35.5. The molecular weight excluding hydrogens is 458 g/mol. The molecule has 162 valence electrons. The second-order valence-corrected chi connectivity index (χ2v) is 8.68. The number of nitrogens with one attached hydrogen (secondary N) is 1. The van der Waals surface area contributed by atoms with Crippen molar-refractivity contribution in [1.82, 2.24) is 14.8 Å². The summed E-state index contributed by atoms with van der Waals surface area (Å²) in [5.41, 5.74) is 0.534. The number of fused-ring (bicyclic) bond motifs is 1. The number of benzene rings is 2. The highest BCUT2D eigenvalue weighted by Gasteiger charge is 2.23. The summed E-state index contributed by atoms with van der Waals surface area (Å²) in [7, 11) is 0. The van der Waals surface area contributed by atoms with Gasteiger partial charge in [-0.25, -0.2) is 9.18 Å². The molecule has 0 saturated heterocycles. The first-order chi connectivity index (χ1) is 15.2. The van der Waals surface area contributed by atoms with Crippen molar-refractivity contribution in [2.75, 3.05) is 0 Å². The number of aromatic carboxylic acids is 1. The SMILES string of the molecule is CC(C)n1cc(-c2c(Cl)ccc3c(Sc4cccc(C(=O)O)c4F)c(C#N)[nH]c23)c(F)n1. The summed E-state index contributed by atoms with van der Waals surface area (Å²) in [6, 6.07) is 9.17. The minimum absolute atomic E-state index is 0.0395. The van der Waals surface area contributed by atoms with Gasteiger partial charge in [-0.2, -0.15) is 9.65 Å². The molecule has 0 fully saturated rings. The zero-order valence-electron chi connectivity index (χ0n) is 16.8. The molecule has 0 radical (unpaired) electrons. The number of carboxylic acids is 1. The number of nitrogens with zero attached hydrogens (tertiary/aromatic N) is 3. The molecule has 0 bridgehead atoms. The molecule has 0 spiro atoms. The molecule has 0 aliphatic heterocycles. The molecule has 0 saturated carbocycles. The van der Waals surface area contributed by atoms with Crippen molar-refractivity contribution in [2.45, 2.75) is 29.7 Å². The van der Waals surface area contributed by atoms with Crippen LogP contribution in [-0.4, -0.2) is 25.8 Å². The Morgan fingerprint density at radius 3 is 2.69 bits per heavy atom. The molecular formula is C22H15ClF2N4O2S. The fraction of sp³-hybridized carbons (Fsp3) is 0.136. The third kappa shape index (κ3) is 3.61. The van der Waals surface area contributed by atoms with Crippen LogP contribution in [0.15, 0.2) is 46.3 Å². The molecule has 6 nitrogen and oxygen atoms in total. The van der Waals surface area contributed by atoms with Crippen LogP contribution in [0.2, 0.25) is 5.02 Å². The maximum absolute atomic E-state index is 14.7. The Labute approximate surface area is 190 Å². The number of hydrogen-bond donors (Lipinski definition) is 2. The third-order valence-corrected chi connectivity index (χ3v) is 6.36. The van der Waals surface area contributed by atoms with Crippen LogP contribution >= 0.6 is 23.4 Å². The minimum atomic E-state index is -1.39. The van der Waals surface area contributed by atoms with E-state index in [1.807, 2.05) is 19.9 Å². The number of carboxylic acid groups (broad SMARTS) is 1. The van der Waals surface area contributed by atoms with Crippen molar-refractivity contribution < 1.29 is 18.7 Å². The van der Waals surface area contributed by atoms with Crippen molar-refractivity contribution in [3.05, 3.63) is 64.6 Å². The van der Waals surface area contributed by atoms with Gasteiger partial charge in [0.05, 0.1) is 26.6 Å². The zero-order chi connectivity index (χ0) is 23.2. The van der Waals surface area contributed by atoms with E-state index in [2.05, 4.69) is 10.1 Å². The molecule has 2 aromatic heterocycles. The monoisotopic (exact) mass is 472 g/mol. The van der Waals surface area contributed by atoms with E-state index in [0.717, 1.165) is 17.8 Å². The van der Waals surface area contributed by atoms with E-state index < -0.39 is 23.3 Å². The van der Waals surface area contributed by atoms with Gasteiger partial charge in [-0.3, -0.25) is 4.68 Å². The van der Waals surface area contributed by atoms with Gasteiger partial charge < -0.3 is 10.1 Å². The molecule has 0 amide bonds. The van der Waals surface area contributed by atoms with Gasteiger partial charge in [0, 0.05) is 28.1 Å². The van der Waals surface area contributed by atoms with Gasteiger partial charge in [0.1, 0.15) is 11.8 Å². The fourth-order valence-corrected chi connectivity index (χ4v) is 4.63. The Kier molecular flexibility index (Phi) is 5.67. The van der Waals surface area contributed by atoms with Gasteiger partial charge in [0.2, 0.25) is 5.95 Å². The van der Waals surface area contributed by atoms with E-state index in [-0.39, 0.29) is 27.2 Å². The van der Waals surface area contributed by atoms with E-state index in [0.29, 0.717) is 21.4 Å². The van der Waals surface area contributed by atoms with Gasteiger partial charge in [0.25, 0.3) is 0 Å². The Morgan fingerprint density at radius 2 is 2.06 bits per heavy atom. The third-order valence-electron chi connectivity index (χ3n) is 4.88. The van der Waals surface area contributed by atoms with Crippen LogP contribution in [0.25, 0.3) is 22.0 Å². The Morgan fingerprint density at radius 1 is 1.31 bits per heavy atom. The summed E-state index contributed by atoms with van der Waals surface area (Å²) in [6.07, 6.45) is 1.54. The van der Waals surface area contributed by atoms with Gasteiger partial charge in [-0.1, -0.05) is 35.5 Å². The minimum Gasteiger partial charge on any atom is -0.478 e. The standard InChI is InChI=1S/C22H15ClF2N4O2S/c1-10(2)29-9-13(21(25)28-29)17-14(23)7-6-12-19(17)27-15(8-26)20(12)32-16-5-3-4-11(18(16)24)22(30)31/h3-7,9-10,27H,1-2H3,(H,30,31). The molecule has 4 aromatic rings. The molecule has 10 heteroatoms. The number of aromatic nitrogens is 3. The topological polar surface area (TPSA) is 94.7 Å². The maximum atomic E-state index is 14.7. The highest BCUT2D eigenvalue weighted by Crippen LogP contribution is 2.43. The Bertz CT molecular complexity index is 1420. The molecule has 32 heavy (non-hydrogen) atoms. The van der Waals surface area contributed by atoms with Crippen LogP contribution in [0.3, 0.4) is 0 Å². The van der Waals surface area contributed by atoms with Gasteiger partial charge in [-0.15, -0.1) is 5.10 Å². The molecule has 2 aromatic carbocycles. The summed E-state index contributed by atoms with van der Waals surface area (Å²) in [5, 5.41) is 23.5. The molecule has 0 aliphatic carbocycles. The van der Waals surface area contributed by atoms with E-state index in [4.69, 9.17) is 11.6 Å². The van der Waals surface area contributed by atoms with E-state index in [9.17, 15) is 23.9 Å². The number of halogens is 3. The lowest BCUT2D eigenvalue weighted by Crippen LogP contribution is -2.01. The van der Waals surface area contributed by atoms with Gasteiger partial charge >= 0.3 is 5.97 Å². The van der Waals surface area contributed by atoms with Crippen molar-refractivity contribution >= 4 is 40.2 Å². The normalized spacial score (nSPS) is 11.3. The summed E-state index contributed by atoms with van der Waals surface area (Å²) < 4.78 is 30.9. The van der Waals surface area contributed by atoms with Crippen molar-refractivity contribution in [3.63, 3.8) is 0 Å². The quantitative estimate of drug-likeness (QED) is 0.357. The second-order valence-electron chi connectivity index (χ2n) is 7.22. The lowest BCUT2D eigenvalue weighted by molar-refractivity contribution is 0.0691. The summed E-state index contributed by atoms with van der Waals surface area (Å²) in [5.74, 6) is -3.01. The highest BCUT2D eigenvalue weighted by molar-refractivity contribution is 7.99. The molecule has 0 atom stereocenters. The lowest BCUT2D eigenvalue weighted by Gasteiger charge is -2.07. The van der Waals surface area contributed by atoms with Crippen molar-refractivity contribution in [3.8, 4) is 17.2 Å². The van der Waals surface area contributed by atoms with Crippen LogP contribution in [0, 0.1) is 23.1 Å². The van der Waals surface area contributed by atoms with Crippen molar-refractivity contribution in [2.24, 2.45) is 0 Å². The van der Waals surface area contributed by atoms with E-state index >= 15 is 0 Å². The van der Waals surface area contributed by atoms with Crippen LogP contribution < -0.4 is 0 Å². The summed E-state index contributed by atoms with van der Waals surface area (Å²) in [4.78, 5) is 14.6. The van der Waals surface area contributed by atoms with Gasteiger partial charge in [0.15, 0.2) is 5.82 Å². The fourth-order valence-electron chi connectivity index (χ4n) is 3.33. The molecule has 4 rings (SSSR count). The molecule has 0 unspecified atom stereocenters. The summed E-state index contributed by atoms with van der Waals surface area (Å²) >= 11 is 7.31. The first-order valence-electron chi connectivity index (χ1n) is 9.41. The molecule has 0 aliphatic rings.